The van der Waals surface area contributed by atoms with E-state index in [2.05, 4.69) is 24.3 Å². The van der Waals surface area contributed by atoms with E-state index in [1.54, 1.807) is 0 Å². The van der Waals surface area contributed by atoms with Crippen molar-refractivity contribution in [3.05, 3.63) is 65.7 Å². The Kier molecular flexibility index (Phi) is 5.63. The Bertz CT molecular complexity index is 491. The normalized spacial score (nSPS) is 12.1. The minimum absolute atomic E-state index is 0.373. The van der Waals surface area contributed by atoms with Gasteiger partial charge in [0.2, 0.25) is 0 Å². The van der Waals surface area contributed by atoms with Crippen molar-refractivity contribution in [1.82, 2.24) is 0 Å². The fraction of sp³-hybridized carbons (Fsp3) is 0.333. The van der Waals surface area contributed by atoms with E-state index in [-0.39, 0.29) is 6.10 Å². The molecule has 0 aliphatic rings. The molecule has 2 aromatic carbocycles. The van der Waals surface area contributed by atoms with Crippen LogP contribution >= 0.6 is 0 Å². The smallest absolute Gasteiger partial charge is 0.119 e. The highest BCUT2D eigenvalue weighted by Gasteiger charge is 2.04. The Balaban J connectivity index is 1.74. The van der Waals surface area contributed by atoms with E-state index < -0.39 is 0 Å². The molecule has 1 N–H and O–H groups in total. The molecule has 2 aromatic rings. The maximum absolute atomic E-state index is 9.72. The summed E-state index contributed by atoms with van der Waals surface area (Å²) in [5.41, 5.74) is 2.29. The number of benzene rings is 2. The maximum Gasteiger partial charge on any atom is 0.119 e. The van der Waals surface area contributed by atoms with Gasteiger partial charge in [-0.25, -0.2) is 0 Å². The Hall–Kier alpha value is -1.80. The number of ether oxygens (including phenoxy) is 1. The lowest BCUT2D eigenvalue weighted by molar-refractivity contribution is 0.173. The van der Waals surface area contributed by atoms with Crippen molar-refractivity contribution in [1.29, 1.82) is 0 Å². The van der Waals surface area contributed by atoms with Crippen LogP contribution in [0.25, 0.3) is 0 Å². The van der Waals surface area contributed by atoms with Crippen molar-refractivity contribution in [2.75, 3.05) is 6.61 Å². The molecule has 2 nitrogen and oxygen atoms in total. The van der Waals surface area contributed by atoms with Crippen molar-refractivity contribution < 1.29 is 9.84 Å². The Labute approximate surface area is 121 Å². The first-order valence-corrected chi connectivity index (χ1v) is 7.24. The second-order valence-electron chi connectivity index (χ2n) is 4.93. The molecule has 0 bridgehead atoms. The van der Waals surface area contributed by atoms with Crippen LogP contribution in [0.5, 0.6) is 5.75 Å². The van der Waals surface area contributed by atoms with Gasteiger partial charge in [0.1, 0.15) is 5.75 Å². The van der Waals surface area contributed by atoms with Crippen LogP contribution in [0.2, 0.25) is 0 Å². The van der Waals surface area contributed by atoms with Crippen LogP contribution in [-0.4, -0.2) is 11.7 Å². The molecule has 0 fully saturated rings. The van der Waals surface area contributed by atoms with Crippen LogP contribution in [0.1, 0.15) is 37.0 Å². The third kappa shape index (κ3) is 4.39. The predicted molar refractivity (Wildman–Crippen MR) is 82.0 cm³/mol. The van der Waals surface area contributed by atoms with Gasteiger partial charge in [-0.15, -0.1) is 0 Å². The van der Waals surface area contributed by atoms with Crippen LogP contribution in [0.4, 0.5) is 0 Å². The van der Waals surface area contributed by atoms with Crippen molar-refractivity contribution in [3.63, 3.8) is 0 Å². The predicted octanol–water partition coefficient (Wildman–Crippen LogP) is 4.14. The van der Waals surface area contributed by atoms with Crippen LogP contribution in [0.15, 0.2) is 54.6 Å². The van der Waals surface area contributed by atoms with Gasteiger partial charge in [0.05, 0.1) is 12.7 Å². The summed E-state index contributed by atoms with van der Waals surface area (Å²) in [5.74, 6) is 0.866. The van der Waals surface area contributed by atoms with Gasteiger partial charge >= 0.3 is 0 Å². The molecule has 0 saturated heterocycles. The molecule has 1 unspecified atom stereocenters. The number of aliphatic hydroxyl groups is 1. The van der Waals surface area contributed by atoms with E-state index in [1.165, 1.54) is 5.56 Å². The monoisotopic (exact) mass is 270 g/mol. The molecule has 0 aromatic heterocycles. The molecule has 0 aliphatic heterocycles. The summed E-state index contributed by atoms with van der Waals surface area (Å²) < 4.78 is 5.71. The summed E-state index contributed by atoms with van der Waals surface area (Å²) in [6.45, 7) is 2.68. The van der Waals surface area contributed by atoms with E-state index in [0.29, 0.717) is 6.61 Å². The van der Waals surface area contributed by atoms with E-state index in [0.717, 1.165) is 30.6 Å². The van der Waals surface area contributed by atoms with Gasteiger partial charge in [-0.05, 0) is 42.5 Å². The fourth-order valence-electron chi connectivity index (χ4n) is 2.13. The summed E-state index contributed by atoms with van der Waals surface area (Å²) in [6.07, 6.45) is 2.40. The third-order valence-electron chi connectivity index (χ3n) is 3.37. The number of hydrogen-bond donors (Lipinski definition) is 1. The van der Waals surface area contributed by atoms with Gasteiger partial charge in [-0.1, -0.05) is 49.4 Å². The molecule has 0 radical (unpaired) electrons. The molecule has 2 heteroatoms. The first kappa shape index (κ1) is 14.6. The standard InChI is InChI=1S/C18H22O2/c1-2-18(19)16-10-12-17(13-11-16)20-14-6-9-15-7-4-3-5-8-15/h3-5,7-8,10-13,18-19H,2,6,9,14H2,1H3. The molecular weight excluding hydrogens is 248 g/mol. The topological polar surface area (TPSA) is 29.5 Å². The average molecular weight is 270 g/mol. The van der Waals surface area contributed by atoms with Crippen LogP contribution in [0.3, 0.4) is 0 Å². The first-order chi connectivity index (χ1) is 9.79. The molecule has 1 atom stereocenters. The second kappa shape index (κ2) is 7.71. The van der Waals surface area contributed by atoms with Gasteiger partial charge in [-0.2, -0.15) is 0 Å². The van der Waals surface area contributed by atoms with Crippen molar-refractivity contribution in [2.24, 2.45) is 0 Å². The number of aliphatic hydroxyl groups excluding tert-OH is 1. The lowest BCUT2D eigenvalue weighted by Crippen LogP contribution is -2.00. The van der Waals surface area contributed by atoms with Crippen LogP contribution in [0, 0.1) is 0 Å². The molecular formula is C18H22O2. The number of hydrogen-bond acceptors (Lipinski definition) is 2. The van der Waals surface area contributed by atoms with Gasteiger partial charge in [-0.3, -0.25) is 0 Å². The van der Waals surface area contributed by atoms with Crippen molar-refractivity contribution >= 4 is 0 Å². The fourth-order valence-corrected chi connectivity index (χ4v) is 2.13. The average Bonchev–Trinajstić information content (AvgIpc) is 2.52. The Morgan fingerprint density at radius 1 is 1.00 bits per heavy atom. The number of aryl methyl sites for hydroxylation is 1. The first-order valence-electron chi connectivity index (χ1n) is 7.24. The van der Waals surface area contributed by atoms with Crippen molar-refractivity contribution in [2.45, 2.75) is 32.3 Å². The third-order valence-corrected chi connectivity index (χ3v) is 3.37. The molecule has 0 amide bonds. The van der Waals surface area contributed by atoms with E-state index in [1.807, 2.05) is 37.3 Å². The Morgan fingerprint density at radius 2 is 1.70 bits per heavy atom. The van der Waals surface area contributed by atoms with Gasteiger partial charge in [0.15, 0.2) is 0 Å². The second-order valence-corrected chi connectivity index (χ2v) is 4.93. The quantitative estimate of drug-likeness (QED) is 0.766. The summed E-state index contributed by atoms with van der Waals surface area (Å²) >= 11 is 0. The summed E-state index contributed by atoms with van der Waals surface area (Å²) in [6, 6.07) is 18.2. The SMILES string of the molecule is CCC(O)c1ccc(OCCCc2ccccc2)cc1. The van der Waals surface area contributed by atoms with E-state index in [9.17, 15) is 5.11 Å². The summed E-state index contributed by atoms with van der Waals surface area (Å²) in [5, 5.41) is 9.72. The zero-order valence-corrected chi connectivity index (χ0v) is 12.0. The van der Waals surface area contributed by atoms with Gasteiger partial charge in [0.25, 0.3) is 0 Å². The van der Waals surface area contributed by atoms with E-state index in [4.69, 9.17) is 4.74 Å². The molecule has 0 aliphatic carbocycles. The zero-order chi connectivity index (χ0) is 14.2. The van der Waals surface area contributed by atoms with Crippen LogP contribution in [-0.2, 0) is 6.42 Å². The van der Waals surface area contributed by atoms with E-state index >= 15 is 0 Å². The van der Waals surface area contributed by atoms with Crippen molar-refractivity contribution in [3.8, 4) is 5.75 Å². The lowest BCUT2D eigenvalue weighted by atomic mass is 10.1. The molecule has 20 heavy (non-hydrogen) atoms. The summed E-state index contributed by atoms with van der Waals surface area (Å²) in [4.78, 5) is 0. The minimum Gasteiger partial charge on any atom is -0.494 e. The summed E-state index contributed by atoms with van der Waals surface area (Å²) in [7, 11) is 0. The minimum atomic E-state index is -0.373. The zero-order valence-electron chi connectivity index (χ0n) is 12.0. The van der Waals surface area contributed by atoms with Crippen LogP contribution < -0.4 is 4.74 Å². The highest BCUT2D eigenvalue weighted by atomic mass is 16.5. The van der Waals surface area contributed by atoms with Gasteiger partial charge in [0, 0.05) is 0 Å². The number of rotatable bonds is 7. The molecule has 0 saturated carbocycles. The largest absolute Gasteiger partial charge is 0.494 e. The molecule has 0 spiro atoms. The molecule has 0 heterocycles. The van der Waals surface area contributed by atoms with Gasteiger partial charge < -0.3 is 9.84 Å². The molecule has 2 rings (SSSR count). The molecule has 106 valence electrons. The lowest BCUT2D eigenvalue weighted by Gasteiger charge is -2.10. The highest BCUT2D eigenvalue weighted by molar-refractivity contribution is 5.28. The highest BCUT2D eigenvalue weighted by Crippen LogP contribution is 2.20. The maximum atomic E-state index is 9.72. The Morgan fingerprint density at radius 3 is 2.35 bits per heavy atom.